The Labute approximate surface area is 284 Å². The second-order valence-corrected chi connectivity index (χ2v) is 16.2. The predicted octanol–water partition coefficient (Wildman–Crippen LogP) is 3.12. The monoisotopic (exact) mass is 710 g/mol. The fourth-order valence-electron chi connectivity index (χ4n) is 5.52. The molecule has 17 heteroatoms. The molecule has 0 saturated carbocycles. The predicted molar refractivity (Wildman–Crippen MR) is 175 cm³/mol. The van der Waals surface area contributed by atoms with E-state index in [2.05, 4.69) is 24.5 Å². The van der Waals surface area contributed by atoms with E-state index < -0.39 is 30.2 Å². The summed E-state index contributed by atoms with van der Waals surface area (Å²) in [5.41, 5.74) is 0.413. The Bertz CT molecular complexity index is 1410. The number of phenolic OH excluding ortho intramolecular Hbond substituents is 1. The number of carbonyl (C=O) groups excluding carboxylic acids is 5. The molecule has 4 heterocycles. The van der Waals surface area contributed by atoms with Crippen LogP contribution in [-0.2, 0) is 33.3 Å². The van der Waals surface area contributed by atoms with Crippen LogP contribution in [0.15, 0.2) is 36.1 Å². The number of β-lactam (4-membered cyclic amide) rings is 2. The van der Waals surface area contributed by atoms with Crippen LogP contribution in [0.1, 0.15) is 45.7 Å². The zero-order valence-corrected chi connectivity index (χ0v) is 28.8. The molecule has 0 radical (unpaired) electrons. The van der Waals surface area contributed by atoms with Gasteiger partial charge in [0.05, 0.1) is 12.5 Å². The van der Waals surface area contributed by atoms with E-state index in [1.807, 2.05) is 13.8 Å². The van der Waals surface area contributed by atoms with E-state index in [9.17, 15) is 29.1 Å². The van der Waals surface area contributed by atoms with Crippen LogP contribution in [0.3, 0.4) is 0 Å². The standard InChI is InChI=1S/C30H38N4O10S3/c1-16-20(44-22-15-21(36)33(16)22)9-10-42-29(40)43-12-14-46-45-13-11-41-28(39)32-23(18-5-7-19(35)8-6-18)25(37)31-24-26(38)34-17(2)30(3,4)47-27(24)34/h5-9,16-17,22-24,27,35H,10-15H2,1-4H3,(H,31,37)(H,32,39)/b20-9+/t16-,17?,22+,23?,24+,27+/m0/s1. The van der Waals surface area contributed by atoms with Gasteiger partial charge in [0.2, 0.25) is 17.7 Å². The van der Waals surface area contributed by atoms with E-state index >= 15 is 0 Å². The van der Waals surface area contributed by atoms with Gasteiger partial charge < -0.3 is 39.6 Å². The molecular weight excluding hydrogens is 673 g/mol. The largest absolute Gasteiger partial charge is 0.508 e. The number of thioether (sulfide) groups is 1. The van der Waals surface area contributed by atoms with Crippen molar-refractivity contribution in [2.45, 2.75) is 74.6 Å². The van der Waals surface area contributed by atoms with Crippen molar-refractivity contribution in [2.75, 3.05) is 31.3 Å². The molecule has 0 bridgehead atoms. The number of nitrogens with one attached hydrogen (secondary N) is 2. The third-order valence-corrected chi connectivity index (χ3v) is 12.4. The SMILES string of the molecule is CC1N2C(=O)[C@@H](NC(=O)C(NC(=O)OCCSSCCOC(=O)OC/C=C3/O[C@@H]4CC(=O)N4[C@H]3C)c3ccc(O)cc3)[C@H]2SC1(C)C. The molecule has 0 aliphatic carbocycles. The number of amides is 4. The van der Waals surface area contributed by atoms with Gasteiger partial charge in [-0.3, -0.25) is 19.3 Å². The molecule has 14 nitrogen and oxygen atoms in total. The van der Waals surface area contributed by atoms with E-state index in [-0.39, 0.29) is 65.8 Å². The van der Waals surface area contributed by atoms with Crippen molar-refractivity contribution in [1.82, 2.24) is 20.4 Å². The number of aromatic hydroxyl groups is 1. The quantitative estimate of drug-likeness (QED) is 0.118. The highest BCUT2D eigenvalue weighted by atomic mass is 33.1. The van der Waals surface area contributed by atoms with Gasteiger partial charge in [-0.1, -0.05) is 33.7 Å². The smallest absolute Gasteiger partial charge is 0.508 e. The maximum absolute atomic E-state index is 13.3. The summed E-state index contributed by atoms with van der Waals surface area (Å²) in [4.78, 5) is 65.6. The van der Waals surface area contributed by atoms with Crippen LogP contribution in [0, 0.1) is 0 Å². The van der Waals surface area contributed by atoms with Crippen LogP contribution >= 0.6 is 33.3 Å². The summed E-state index contributed by atoms with van der Waals surface area (Å²) in [6.07, 6.45) is 0.130. The first-order chi connectivity index (χ1) is 22.4. The van der Waals surface area contributed by atoms with Gasteiger partial charge in [-0.2, -0.15) is 0 Å². The lowest BCUT2D eigenvalue weighted by atomic mass is 9.97. The highest BCUT2D eigenvalue weighted by Gasteiger charge is 2.60. The lowest BCUT2D eigenvalue weighted by molar-refractivity contribution is -0.156. The molecule has 4 aliphatic heterocycles. The fraction of sp³-hybridized carbons (Fsp3) is 0.567. The van der Waals surface area contributed by atoms with E-state index in [1.54, 1.807) is 27.6 Å². The third-order valence-electron chi connectivity index (χ3n) is 8.38. The zero-order valence-electron chi connectivity index (χ0n) is 26.3. The second-order valence-electron chi connectivity index (χ2n) is 11.7. The first kappa shape index (κ1) is 34.9. The Hall–Kier alpha value is -3.44. The number of hydrogen-bond donors (Lipinski definition) is 3. The topological polar surface area (TPSA) is 173 Å². The Morgan fingerprint density at radius 3 is 2.43 bits per heavy atom. The van der Waals surface area contributed by atoms with Gasteiger partial charge in [0.1, 0.15) is 48.8 Å². The van der Waals surface area contributed by atoms with Gasteiger partial charge >= 0.3 is 12.2 Å². The normalized spacial score (nSPS) is 26.7. The molecule has 47 heavy (non-hydrogen) atoms. The maximum Gasteiger partial charge on any atom is 0.508 e. The van der Waals surface area contributed by atoms with Gasteiger partial charge in [0.15, 0.2) is 6.23 Å². The summed E-state index contributed by atoms with van der Waals surface area (Å²) in [6.45, 7) is 8.10. The van der Waals surface area contributed by atoms with Gasteiger partial charge in [0, 0.05) is 22.3 Å². The summed E-state index contributed by atoms with van der Waals surface area (Å²) in [5, 5.41) is 14.9. The highest BCUT2D eigenvalue weighted by molar-refractivity contribution is 8.76. The summed E-state index contributed by atoms with van der Waals surface area (Å²) >= 11 is 1.63. The van der Waals surface area contributed by atoms with Crippen molar-refractivity contribution in [3.8, 4) is 5.75 Å². The van der Waals surface area contributed by atoms with Crippen molar-refractivity contribution in [3.05, 3.63) is 41.7 Å². The van der Waals surface area contributed by atoms with Gasteiger partial charge in [0.25, 0.3) is 0 Å². The van der Waals surface area contributed by atoms with Crippen molar-refractivity contribution in [1.29, 1.82) is 0 Å². The number of phenols is 1. The lowest BCUT2D eigenvalue weighted by Gasteiger charge is -2.44. The minimum absolute atomic E-state index is 0.00183. The first-order valence-corrected chi connectivity index (χ1v) is 18.5. The van der Waals surface area contributed by atoms with Gasteiger partial charge in [-0.25, -0.2) is 9.59 Å². The van der Waals surface area contributed by atoms with Crippen LogP contribution in [0.2, 0.25) is 0 Å². The summed E-state index contributed by atoms with van der Waals surface area (Å²) < 4.78 is 20.8. The minimum atomic E-state index is -1.15. The molecule has 4 fully saturated rings. The van der Waals surface area contributed by atoms with Crippen molar-refractivity contribution >= 4 is 63.3 Å². The van der Waals surface area contributed by atoms with Gasteiger partial charge in [-0.05, 0) is 51.5 Å². The number of fused-ring (bicyclic) bond motifs is 2. The minimum Gasteiger partial charge on any atom is -0.508 e. The molecule has 4 aliphatic rings. The number of ether oxygens (including phenoxy) is 4. The van der Waals surface area contributed by atoms with Crippen LogP contribution in [0.25, 0.3) is 0 Å². The van der Waals surface area contributed by atoms with Crippen LogP contribution in [-0.4, -0.2) is 111 Å². The lowest BCUT2D eigenvalue weighted by Crippen LogP contribution is -2.69. The van der Waals surface area contributed by atoms with E-state index in [0.29, 0.717) is 29.2 Å². The van der Waals surface area contributed by atoms with E-state index in [0.717, 1.165) is 0 Å². The zero-order chi connectivity index (χ0) is 33.9. The molecule has 1 aromatic carbocycles. The Morgan fingerprint density at radius 1 is 1.09 bits per heavy atom. The maximum atomic E-state index is 13.3. The van der Waals surface area contributed by atoms with Crippen molar-refractivity contribution in [2.24, 2.45) is 0 Å². The molecule has 256 valence electrons. The number of hydrogen-bond acceptors (Lipinski definition) is 13. The fourth-order valence-corrected chi connectivity index (χ4v) is 8.83. The Morgan fingerprint density at radius 2 is 1.77 bits per heavy atom. The number of rotatable bonds is 13. The average Bonchev–Trinajstić information content (AvgIpc) is 3.40. The van der Waals surface area contributed by atoms with Crippen LogP contribution in [0.5, 0.6) is 5.75 Å². The molecule has 6 atom stereocenters. The molecule has 5 rings (SSSR count). The molecule has 0 spiro atoms. The molecule has 3 N–H and O–H groups in total. The number of benzene rings is 1. The highest BCUT2D eigenvalue weighted by Crippen LogP contribution is 2.50. The molecule has 2 unspecified atom stereocenters. The van der Waals surface area contributed by atoms with E-state index in [1.165, 1.54) is 45.9 Å². The van der Waals surface area contributed by atoms with Crippen LogP contribution in [0.4, 0.5) is 9.59 Å². The first-order valence-electron chi connectivity index (χ1n) is 15.1. The van der Waals surface area contributed by atoms with Gasteiger partial charge in [-0.15, -0.1) is 11.8 Å². The Balaban J connectivity index is 0.973. The Kier molecular flexibility index (Phi) is 11.0. The number of carbonyl (C=O) groups is 5. The second kappa shape index (κ2) is 14.8. The van der Waals surface area contributed by atoms with Crippen molar-refractivity contribution in [3.63, 3.8) is 0 Å². The molecule has 0 aromatic heterocycles. The molecule has 4 amide bonds. The summed E-state index contributed by atoms with van der Waals surface area (Å²) in [7, 11) is 2.83. The third kappa shape index (κ3) is 7.83. The number of nitrogens with zero attached hydrogens (tertiary/aromatic N) is 2. The summed E-state index contributed by atoms with van der Waals surface area (Å²) in [6, 6.07) is 3.83. The summed E-state index contributed by atoms with van der Waals surface area (Å²) in [5.74, 6) is 0.820. The average molecular weight is 711 g/mol. The van der Waals surface area contributed by atoms with Crippen molar-refractivity contribution < 1.29 is 48.0 Å². The molecule has 1 aromatic rings. The van der Waals surface area contributed by atoms with E-state index in [4.69, 9.17) is 18.9 Å². The van der Waals surface area contributed by atoms with Crippen LogP contribution < -0.4 is 10.6 Å². The molecule has 4 saturated heterocycles. The number of alkyl carbamates (subject to hydrolysis) is 1. The molecular formula is C30H38N4O10S3.